The van der Waals surface area contributed by atoms with Crippen LogP contribution >= 0.6 is 12.6 Å². The fourth-order valence-electron chi connectivity index (χ4n) is 1.17. The van der Waals surface area contributed by atoms with E-state index in [1.165, 1.54) is 6.42 Å². The Labute approximate surface area is 78.0 Å². The van der Waals surface area contributed by atoms with Gasteiger partial charge in [0.25, 0.3) is 0 Å². The topological polar surface area (TPSA) is 0 Å². The highest BCUT2D eigenvalue weighted by Gasteiger charge is 2.25. The summed E-state index contributed by atoms with van der Waals surface area (Å²) in [4.78, 5) is 0. The predicted octanol–water partition coefficient (Wildman–Crippen LogP) is 2.55. The Bertz CT molecular complexity index is 119. The van der Waals surface area contributed by atoms with Crippen molar-refractivity contribution < 1.29 is 0 Å². The van der Waals surface area contributed by atoms with Gasteiger partial charge in [-0.05, 0) is 5.41 Å². The second kappa shape index (κ2) is 3.43. The molecule has 0 N–H and O–H groups in total. The molecule has 0 nitrogen and oxygen atoms in total. The Hall–Kier alpha value is 0.415. The van der Waals surface area contributed by atoms with E-state index in [1.807, 2.05) is 0 Å². The Balaban J connectivity index is 3.99. The third kappa shape index (κ3) is 5.66. The lowest BCUT2D eigenvalue weighted by Crippen LogP contribution is -2.24. The average molecular weight is 172 g/mol. The molecule has 0 amide bonds. The molecule has 11 heavy (non-hydrogen) atoms. The molecular formula is C9H21BS. The molecule has 0 aromatic rings. The molecule has 1 atom stereocenters. The summed E-state index contributed by atoms with van der Waals surface area (Å²) in [5, 5.41) is 0. The quantitative estimate of drug-likeness (QED) is 0.480. The van der Waals surface area contributed by atoms with Crippen molar-refractivity contribution in [1.82, 2.24) is 0 Å². The van der Waals surface area contributed by atoms with Crippen LogP contribution in [0.1, 0.15) is 41.0 Å². The summed E-state index contributed by atoms with van der Waals surface area (Å²) in [5.74, 6) is 0.672. The highest BCUT2D eigenvalue weighted by Crippen LogP contribution is 2.36. The van der Waals surface area contributed by atoms with Crippen LogP contribution in [0.2, 0.25) is 5.82 Å². The zero-order chi connectivity index (χ0) is 9.28. The van der Waals surface area contributed by atoms with Crippen molar-refractivity contribution in [1.29, 1.82) is 0 Å². The molecule has 0 spiro atoms. The fourth-order valence-corrected chi connectivity index (χ4v) is 1.26. The van der Waals surface area contributed by atoms with Crippen molar-refractivity contribution in [3.63, 3.8) is 0 Å². The lowest BCUT2D eigenvalue weighted by atomic mass is 9.69. The van der Waals surface area contributed by atoms with Crippen LogP contribution in [0.25, 0.3) is 0 Å². The molecule has 0 fully saturated rings. The molecule has 0 aliphatic rings. The molecule has 66 valence electrons. The highest BCUT2D eigenvalue weighted by molar-refractivity contribution is 7.81. The SMILES string of the molecule is BC(CC(C)(C)C)C(C)(C)S. The monoisotopic (exact) mass is 172 g/mol. The lowest BCUT2D eigenvalue weighted by molar-refractivity contribution is 0.349. The minimum Gasteiger partial charge on any atom is -0.174 e. The van der Waals surface area contributed by atoms with Gasteiger partial charge in [-0.25, -0.2) is 0 Å². The van der Waals surface area contributed by atoms with E-state index in [0.29, 0.717) is 11.2 Å². The van der Waals surface area contributed by atoms with E-state index < -0.39 is 0 Å². The summed E-state index contributed by atoms with van der Waals surface area (Å²) in [6.45, 7) is 11.2. The van der Waals surface area contributed by atoms with Gasteiger partial charge in [0.1, 0.15) is 7.85 Å². The minimum atomic E-state index is 0.160. The molecule has 0 aromatic heterocycles. The lowest BCUT2D eigenvalue weighted by Gasteiger charge is -2.32. The molecule has 0 aliphatic heterocycles. The Morgan fingerprint density at radius 2 is 1.55 bits per heavy atom. The van der Waals surface area contributed by atoms with Crippen molar-refractivity contribution in [3.05, 3.63) is 0 Å². The van der Waals surface area contributed by atoms with Gasteiger partial charge in [-0.15, -0.1) is 0 Å². The minimum absolute atomic E-state index is 0.160. The van der Waals surface area contributed by atoms with Crippen molar-refractivity contribution in [2.45, 2.75) is 51.6 Å². The van der Waals surface area contributed by atoms with E-state index >= 15 is 0 Å². The Morgan fingerprint density at radius 1 is 1.18 bits per heavy atom. The second-order valence-corrected chi connectivity index (χ2v) is 6.47. The molecule has 0 aliphatic carbocycles. The van der Waals surface area contributed by atoms with Crippen LogP contribution in [-0.2, 0) is 0 Å². The largest absolute Gasteiger partial charge is 0.174 e. The van der Waals surface area contributed by atoms with E-state index in [1.54, 1.807) is 0 Å². The van der Waals surface area contributed by atoms with E-state index in [9.17, 15) is 0 Å². The van der Waals surface area contributed by atoms with Crippen LogP contribution in [0.3, 0.4) is 0 Å². The first-order valence-corrected chi connectivity index (χ1v) is 4.80. The van der Waals surface area contributed by atoms with Gasteiger partial charge in [0.05, 0.1) is 0 Å². The Kier molecular flexibility index (Phi) is 3.56. The van der Waals surface area contributed by atoms with E-state index in [4.69, 9.17) is 0 Å². The summed E-state index contributed by atoms with van der Waals surface area (Å²) in [6, 6.07) is 0. The van der Waals surface area contributed by atoms with Crippen molar-refractivity contribution in [2.24, 2.45) is 5.41 Å². The highest BCUT2D eigenvalue weighted by atomic mass is 32.1. The van der Waals surface area contributed by atoms with Crippen LogP contribution in [0.15, 0.2) is 0 Å². The van der Waals surface area contributed by atoms with Gasteiger partial charge in [0, 0.05) is 4.75 Å². The molecule has 0 aromatic carbocycles. The summed E-state index contributed by atoms with van der Waals surface area (Å²) >= 11 is 4.56. The second-order valence-electron chi connectivity index (χ2n) is 5.32. The first-order valence-electron chi connectivity index (χ1n) is 4.35. The fraction of sp³-hybridized carbons (Fsp3) is 1.00. The van der Waals surface area contributed by atoms with E-state index in [2.05, 4.69) is 55.1 Å². The molecule has 0 saturated heterocycles. The van der Waals surface area contributed by atoms with Gasteiger partial charge in [0.2, 0.25) is 0 Å². The van der Waals surface area contributed by atoms with Crippen LogP contribution in [-0.4, -0.2) is 12.6 Å². The number of hydrogen-bond donors (Lipinski definition) is 1. The molecule has 0 saturated carbocycles. The third-order valence-corrected chi connectivity index (χ3v) is 2.57. The smallest absolute Gasteiger partial charge is 0.107 e. The first kappa shape index (κ1) is 11.4. The van der Waals surface area contributed by atoms with Gasteiger partial charge in [-0.3, -0.25) is 0 Å². The first-order chi connectivity index (χ1) is 4.63. The third-order valence-electron chi connectivity index (χ3n) is 2.12. The predicted molar refractivity (Wildman–Crippen MR) is 59.4 cm³/mol. The van der Waals surface area contributed by atoms with Gasteiger partial charge in [-0.2, -0.15) is 12.6 Å². The van der Waals surface area contributed by atoms with E-state index in [-0.39, 0.29) is 4.75 Å². The maximum Gasteiger partial charge on any atom is 0.107 e. The zero-order valence-corrected chi connectivity index (χ0v) is 9.63. The van der Waals surface area contributed by atoms with Gasteiger partial charge in [0.15, 0.2) is 0 Å². The molecule has 2 heteroatoms. The molecule has 1 unspecified atom stereocenters. The average Bonchev–Trinajstić information content (AvgIpc) is 1.56. The molecule has 0 radical (unpaired) electrons. The number of rotatable bonds is 2. The van der Waals surface area contributed by atoms with E-state index in [0.717, 1.165) is 0 Å². The normalized spacial score (nSPS) is 16.5. The molecule has 0 rings (SSSR count). The zero-order valence-electron chi connectivity index (χ0n) is 8.73. The van der Waals surface area contributed by atoms with Crippen molar-refractivity contribution in [2.75, 3.05) is 0 Å². The van der Waals surface area contributed by atoms with Crippen LogP contribution in [0.5, 0.6) is 0 Å². The number of thiol groups is 1. The van der Waals surface area contributed by atoms with Crippen molar-refractivity contribution in [3.8, 4) is 0 Å². The van der Waals surface area contributed by atoms with Crippen molar-refractivity contribution >= 4 is 20.5 Å². The maximum atomic E-state index is 4.56. The standard InChI is InChI=1S/C9H21BS/c1-8(2,3)6-7(10)9(4,5)11/h7,11H,6,10H2,1-5H3. The van der Waals surface area contributed by atoms with Crippen LogP contribution in [0.4, 0.5) is 0 Å². The van der Waals surface area contributed by atoms with Crippen LogP contribution in [0, 0.1) is 5.41 Å². The number of hydrogen-bond acceptors (Lipinski definition) is 1. The summed E-state index contributed by atoms with van der Waals surface area (Å²) in [6.07, 6.45) is 1.24. The summed E-state index contributed by atoms with van der Waals surface area (Å²) in [7, 11) is 2.28. The van der Waals surface area contributed by atoms with Crippen LogP contribution < -0.4 is 0 Å². The molecule has 0 bridgehead atoms. The van der Waals surface area contributed by atoms with Gasteiger partial charge >= 0.3 is 0 Å². The molecule has 0 heterocycles. The summed E-state index contributed by atoms with van der Waals surface area (Å²) < 4.78 is 0.160. The molecular weight excluding hydrogens is 151 g/mol. The summed E-state index contributed by atoms with van der Waals surface area (Å²) in [5.41, 5.74) is 0.430. The Morgan fingerprint density at radius 3 is 1.64 bits per heavy atom. The van der Waals surface area contributed by atoms with Gasteiger partial charge in [-0.1, -0.05) is 46.9 Å². The van der Waals surface area contributed by atoms with Gasteiger partial charge < -0.3 is 0 Å². The maximum absolute atomic E-state index is 4.56.